The highest BCUT2D eigenvalue weighted by atomic mass is 32.2. The molecule has 96 valence electrons. The van der Waals surface area contributed by atoms with Crippen molar-refractivity contribution in [1.82, 2.24) is 14.9 Å². The van der Waals surface area contributed by atoms with Gasteiger partial charge in [-0.15, -0.1) is 21.5 Å². The van der Waals surface area contributed by atoms with Crippen molar-refractivity contribution in [1.29, 1.82) is 0 Å². The van der Waals surface area contributed by atoms with Crippen LogP contribution in [-0.4, -0.2) is 31.7 Å². The van der Waals surface area contributed by atoms with Crippen molar-refractivity contribution in [3.63, 3.8) is 0 Å². The van der Waals surface area contributed by atoms with Crippen LogP contribution in [-0.2, 0) is 11.2 Å². The lowest BCUT2D eigenvalue weighted by atomic mass is 10.3. The van der Waals surface area contributed by atoms with Gasteiger partial charge in [0.1, 0.15) is 0 Å². The van der Waals surface area contributed by atoms with E-state index in [1.165, 1.54) is 16.4 Å². The summed E-state index contributed by atoms with van der Waals surface area (Å²) < 4.78 is 1.42. The van der Waals surface area contributed by atoms with Crippen LogP contribution in [0, 0.1) is 0 Å². The quantitative estimate of drug-likeness (QED) is 0.611. The zero-order valence-electron chi connectivity index (χ0n) is 9.44. The van der Waals surface area contributed by atoms with E-state index in [2.05, 4.69) is 10.2 Å². The second kappa shape index (κ2) is 5.87. The van der Waals surface area contributed by atoms with Gasteiger partial charge >= 0.3 is 5.97 Å². The highest BCUT2D eigenvalue weighted by Crippen LogP contribution is 2.18. The van der Waals surface area contributed by atoms with Crippen LogP contribution in [0.15, 0.2) is 22.7 Å². The molecule has 0 spiro atoms. The van der Waals surface area contributed by atoms with Crippen LogP contribution in [0.4, 0.5) is 0 Å². The van der Waals surface area contributed by atoms with E-state index < -0.39 is 5.97 Å². The summed E-state index contributed by atoms with van der Waals surface area (Å²) in [6, 6.07) is 3.98. The third-order valence-corrected chi connectivity index (χ3v) is 4.02. The van der Waals surface area contributed by atoms with Gasteiger partial charge in [-0.05, 0) is 11.4 Å². The number of aromatic nitrogens is 3. The summed E-state index contributed by atoms with van der Waals surface area (Å²) in [5.41, 5.74) is 0. The fourth-order valence-electron chi connectivity index (χ4n) is 1.32. The minimum absolute atomic E-state index is 0.0811. The summed E-state index contributed by atoms with van der Waals surface area (Å²) in [4.78, 5) is 11.6. The molecular weight excluding hydrogens is 272 g/mol. The normalized spacial score (nSPS) is 10.7. The van der Waals surface area contributed by atoms with Gasteiger partial charge in [-0.3, -0.25) is 4.79 Å². The molecule has 2 aromatic rings. The number of nitrogens with two attached hydrogens (primary N) is 1. The largest absolute Gasteiger partial charge is 0.481 e. The van der Waals surface area contributed by atoms with Crippen molar-refractivity contribution in [2.45, 2.75) is 18.0 Å². The smallest absolute Gasteiger partial charge is 0.304 e. The topological polar surface area (TPSA) is 94.0 Å². The number of carbonyl (C=O) groups is 1. The Balaban J connectivity index is 1.97. The lowest BCUT2D eigenvalue weighted by molar-refractivity contribution is -0.136. The predicted octanol–water partition coefficient (Wildman–Crippen LogP) is 1.21. The standard InChI is InChI=1S/C10H12N4O2S2/c11-14-8(6-7-2-1-4-17-7)12-13-10(14)18-5-3-9(15)16/h1-2,4H,3,5-6,11H2,(H,15,16). The number of carboxylic acids is 1. The molecule has 0 aliphatic rings. The van der Waals surface area contributed by atoms with Crippen LogP contribution in [0.1, 0.15) is 17.1 Å². The first-order valence-corrected chi connectivity index (χ1v) is 7.09. The van der Waals surface area contributed by atoms with Gasteiger partial charge in [-0.25, -0.2) is 4.68 Å². The third-order valence-electron chi connectivity index (χ3n) is 2.19. The molecule has 0 atom stereocenters. The summed E-state index contributed by atoms with van der Waals surface area (Å²) in [7, 11) is 0. The Labute approximate surface area is 112 Å². The molecule has 2 heterocycles. The highest BCUT2D eigenvalue weighted by molar-refractivity contribution is 7.99. The molecule has 2 rings (SSSR count). The van der Waals surface area contributed by atoms with Gasteiger partial charge in [0, 0.05) is 17.1 Å². The average Bonchev–Trinajstić information content (AvgIpc) is 2.93. The van der Waals surface area contributed by atoms with E-state index in [9.17, 15) is 4.79 Å². The number of nitrogen functional groups attached to an aromatic ring is 1. The molecule has 0 saturated carbocycles. The van der Waals surface area contributed by atoms with Gasteiger partial charge in [-0.2, -0.15) is 0 Å². The first-order valence-electron chi connectivity index (χ1n) is 5.23. The average molecular weight is 284 g/mol. The van der Waals surface area contributed by atoms with Gasteiger partial charge in [-0.1, -0.05) is 17.8 Å². The minimum atomic E-state index is -0.829. The number of nitrogens with zero attached hydrogens (tertiary/aromatic N) is 3. The van der Waals surface area contributed by atoms with Gasteiger partial charge in [0.2, 0.25) is 5.16 Å². The van der Waals surface area contributed by atoms with E-state index in [0.29, 0.717) is 23.2 Å². The number of thioether (sulfide) groups is 1. The van der Waals surface area contributed by atoms with Crippen molar-refractivity contribution in [2.24, 2.45) is 0 Å². The molecule has 6 nitrogen and oxygen atoms in total. The van der Waals surface area contributed by atoms with Gasteiger partial charge < -0.3 is 10.9 Å². The first-order chi connectivity index (χ1) is 8.66. The Hall–Kier alpha value is -1.54. The van der Waals surface area contributed by atoms with Gasteiger partial charge in [0.25, 0.3) is 0 Å². The molecule has 0 bridgehead atoms. The Morgan fingerprint density at radius 3 is 3.06 bits per heavy atom. The summed E-state index contributed by atoms with van der Waals surface area (Å²) in [6.07, 6.45) is 0.721. The number of hydrogen-bond acceptors (Lipinski definition) is 6. The Morgan fingerprint density at radius 2 is 2.39 bits per heavy atom. The fraction of sp³-hybridized carbons (Fsp3) is 0.300. The van der Waals surface area contributed by atoms with Crippen molar-refractivity contribution >= 4 is 29.1 Å². The molecule has 0 aliphatic carbocycles. The third kappa shape index (κ3) is 3.23. The van der Waals surface area contributed by atoms with E-state index in [1.807, 2.05) is 17.5 Å². The summed E-state index contributed by atoms with van der Waals surface area (Å²) in [6.45, 7) is 0. The van der Waals surface area contributed by atoms with Crippen LogP contribution in [0.3, 0.4) is 0 Å². The molecule has 0 fully saturated rings. The fourth-order valence-corrected chi connectivity index (χ4v) is 2.83. The predicted molar refractivity (Wildman–Crippen MR) is 70.3 cm³/mol. The van der Waals surface area contributed by atoms with E-state index in [0.717, 1.165) is 4.88 Å². The summed E-state index contributed by atoms with van der Waals surface area (Å²) in [5.74, 6) is 6.15. The number of thiophene rings is 1. The maximum Gasteiger partial charge on any atom is 0.304 e. The number of hydrogen-bond donors (Lipinski definition) is 2. The van der Waals surface area contributed by atoms with E-state index >= 15 is 0 Å². The molecule has 0 aliphatic heterocycles. The molecule has 0 aromatic carbocycles. The van der Waals surface area contributed by atoms with Crippen LogP contribution in [0.2, 0.25) is 0 Å². The molecule has 0 saturated heterocycles. The molecule has 18 heavy (non-hydrogen) atoms. The first kappa shape index (κ1) is 12.9. The minimum Gasteiger partial charge on any atom is -0.481 e. The Kier molecular flexibility index (Phi) is 4.21. The van der Waals surface area contributed by atoms with Crippen molar-refractivity contribution < 1.29 is 9.90 Å². The van der Waals surface area contributed by atoms with Crippen molar-refractivity contribution in [3.8, 4) is 0 Å². The summed E-state index contributed by atoms with van der Waals surface area (Å²) in [5, 5.41) is 19.1. The maximum atomic E-state index is 10.4. The van der Waals surface area contributed by atoms with E-state index in [4.69, 9.17) is 10.9 Å². The lowest BCUT2D eigenvalue weighted by Gasteiger charge is -2.01. The van der Waals surface area contributed by atoms with Crippen LogP contribution >= 0.6 is 23.1 Å². The molecule has 2 aromatic heterocycles. The number of carboxylic acid groups (broad SMARTS) is 1. The molecule has 8 heteroatoms. The van der Waals surface area contributed by atoms with Gasteiger partial charge in [0.05, 0.1) is 6.42 Å². The molecular formula is C10H12N4O2S2. The van der Waals surface area contributed by atoms with E-state index in [-0.39, 0.29) is 6.42 Å². The number of rotatable bonds is 6. The SMILES string of the molecule is Nn1c(Cc2cccs2)nnc1SCCC(=O)O. The van der Waals surface area contributed by atoms with Crippen molar-refractivity contribution in [2.75, 3.05) is 11.6 Å². The second-order valence-electron chi connectivity index (χ2n) is 3.52. The molecule has 0 radical (unpaired) electrons. The Morgan fingerprint density at radius 1 is 1.56 bits per heavy atom. The monoisotopic (exact) mass is 284 g/mol. The van der Waals surface area contributed by atoms with Crippen LogP contribution < -0.4 is 5.84 Å². The zero-order valence-corrected chi connectivity index (χ0v) is 11.1. The number of aliphatic carboxylic acids is 1. The molecule has 3 N–H and O–H groups in total. The van der Waals surface area contributed by atoms with Gasteiger partial charge in [0.15, 0.2) is 5.82 Å². The van der Waals surface area contributed by atoms with E-state index in [1.54, 1.807) is 11.3 Å². The second-order valence-corrected chi connectivity index (χ2v) is 5.61. The Bertz CT molecular complexity index is 524. The zero-order chi connectivity index (χ0) is 13.0. The van der Waals surface area contributed by atoms with Crippen LogP contribution in [0.25, 0.3) is 0 Å². The van der Waals surface area contributed by atoms with Crippen molar-refractivity contribution in [3.05, 3.63) is 28.2 Å². The maximum absolute atomic E-state index is 10.4. The molecule has 0 unspecified atom stereocenters. The lowest BCUT2D eigenvalue weighted by Crippen LogP contribution is -2.14. The summed E-state index contributed by atoms with van der Waals surface area (Å²) >= 11 is 2.93. The van der Waals surface area contributed by atoms with Crippen LogP contribution in [0.5, 0.6) is 0 Å². The highest BCUT2D eigenvalue weighted by Gasteiger charge is 2.11. The molecule has 0 amide bonds.